The molecule has 0 spiro atoms. The SMILES string of the molecule is COc1ccccc1CC(=O)OCC(=O)N[C@@H](C)c1ccc(S(N)(=O)=O)cc1. The summed E-state index contributed by atoms with van der Waals surface area (Å²) < 4.78 is 32.7. The average molecular weight is 406 g/mol. The summed E-state index contributed by atoms with van der Waals surface area (Å²) in [6, 6.07) is 12.5. The highest BCUT2D eigenvalue weighted by atomic mass is 32.2. The fourth-order valence-corrected chi connectivity index (χ4v) is 3.03. The molecule has 0 aromatic heterocycles. The van der Waals surface area contributed by atoms with Gasteiger partial charge in [-0.3, -0.25) is 9.59 Å². The summed E-state index contributed by atoms with van der Waals surface area (Å²) >= 11 is 0. The first-order valence-electron chi connectivity index (χ1n) is 8.40. The second-order valence-electron chi connectivity index (χ2n) is 6.05. The van der Waals surface area contributed by atoms with Gasteiger partial charge in [0.2, 0.25) is 10.0 Å². The molecular weight excluding hydrogens is 384 g/mol. The molecule has 0 aliphatic carbocycles. The first-order valence-corrected chi connectivity index (χ1v) is 9.95. The number of nitrogens with one attached hydrogen (secondary N) is 1. The van der Waals surface area contributed by atoms with E-state index in [9.17, 15) is 18.0 Å². The van der Waals surface area contributed by atoms with Gasteiger partial charge in [-0.2, -0.15) is 0 Å². The third-order valence-electron chi connectivity index (χ3n) is 3.98. The van der Waals surface area contributed by atoms with Gasteiger partial charge >= 0.3 is 5.97 Å². The Morgan fingerprint density at radius 3 is 2.36 bits per heavy atom. The van der Waals surface area contributed by atoms with Crippen LogP contribution in [0.15, 0.2) is 53.4 Å². The summed E-state index contributed by atoms with van der Waals surface area (Å²) in [7, 11) is -2.26. The minimum absolute atomic E-state index is 0.0120. The molecule has 1 atom stereocenters. The van der Waals surface area contributed by atoms with Crippen LogP contribution >= 0.6 is 0 Å². The number of esters is 1. The zero-order valence-electron chi connectivity index (χ0n) is 15.5. The molecular formula is C19H22N2O6S. The zero-order chi connectivity index (χ0) is 20.7. The number of amides is 1. The third kappa shape index (κ3) is 6.07. The Labute approximate surface area is 163 Å². The van der Waals surface area contributed by atoms with Crippen LogP contribution in [0.1, 0.15) is 24.1 Å². The minimum atomic E-state index is -3.77. The number of methoxy groups -OCH3 is 1. The van der Waals surface area contributed by atoms with E-state index in [0.717, 1.165) is 0 Å². The average Bonchev–Trinajstić information content (AvgIpc) is 2.66. The number of hydrogen-bond acceptors (Lipinski definition) is 6. The molecule has 1 amide bonds. The van der Waals surface area contributed by atoms with Gasteiger partial charge in [0.1, 0.15) is 5.75 Å². The molecule has 9 heteroatoms. The second kappa shape index (κ2) is 9.34. The molecule has 0 fully saturated rings. The third-order valence-corrected chi connectivity index (χ3v) is 4.91. The van der Waals surface area contributed by atoms with Crippen molar-refractivity contribution in [1.29, 1.82) is 0 Å². The fraction of sp³-hybridized carbons (Fsp3) is 0.263. The van der Waals surface area contributed by atoms with Gasteiger partial charge in [0, 0.05) is 5.56 Å². The van der Waals surface area contributed by atoms with Gasteiger partial charge in [-0.25, -0.2) is 13.6 Å². The minimum Gasteiger partial charge on any atom is -0.496 e. The molecule has 0 saturated heterocycles. The van der Waals surface area contributed by atoms with Crippen LogP contribution in [0.2, 0.25) is 0 Å². The van der Waals surface area contributed by atoms with E-state index in [1.54, 1.807) is 43.3 Å². The summed E-state index contributed by atoms with van der Waals surface area (Å²) in [5, 5.41) is 7.73. The van der Waals surface area contributed by atoms with Crippen molar-refractivity contribution in [3.05, 3.63) is 59.7 Å². The lowest BCUT2D eigenvalue weighted by molar-refractivity contribution is -0.148. The number of hydrogen-bond donors (Lipinski definition) is 2. The maximum Gasteiger partial charge on any atom is 0.310 e. The highest BCUT2D eigenvalue weighted by Crippen LogP contribution is 2.18. The van der Waals surface area contributed by atoms with Crippen LogP contribution in [0.4, 0.5) is 0 Å². The number of para-hydroxylation sites is 1. The van der Waals surface area contributed by atoms with Gasteiger partial charge < -0.3 is 14.8 Å². The van der Waals surface area contributed by atoms with Crippen molar-refractivity contribution in [3.63, 3.8) is 0 Å². The van der Waals surface area contributed by atoms with Crippen molar-refractivity contribution < 1.29 is 27.5 Å². The lowest BCUT2D eigenvalue weighted by Crippen LogP contribution is -2.31. The lowest BCUT2D eigenvalue weighted by Gasteiger charge is -2.15. The molecule has 0 aliphatic rings. The van der Waals surface area contributed by atoms with E-state index in [0.29, 0.717) is 16.9 Å². The van der Waals surface area contributed by atoms with E-state index >= 15 is 0 Å². The van der Waals surface area contributed by atoms with Crippen molar-refractivity contribution in [2.45, 2.75) is 24.3 Å². The number of primary sulfonamides is 1. The summed E-state index contributed by atoms with van der Waals surface area (Å²) in [4.78, 5) is 23.9. The van der Waals surface area contributed by atoms with Crippen LogP contribution in [-0.4, -0.2) is 34.0 Å². The maximum atomic E-state index is 12.0. The summed E-state index contributed by atoms with van der Waals surface area (Å²) in [6.07, 6.45) is -0.0120. The molecule has 0 unspecified atom stereocenters. The topological polar surface area (TPSA) is 125 Å². The summed E-state index contributed by atoms with van der Waals surface area (Å²) in [5.41, 5.74) is 1.35. The predicted octanol–water partition coefficient (Wildman–Crippen LogP) is 1.31. The molecule has 8 nitrogen and oxygen atoms in total. The standard InChI is InChI=1S/C19H22N2O6S/c1-13(14-7-9-16(10-8-14)28(20,24)25)21-18(22)12-27-19(23)11-15-5-3-4-6-17(15)26-2/h3-10,13H,11-12H2,1-2H3,(H,21,22)(H2,20,24,25)/t13-/m0/s1. The van der Waals surface area contributed by atoms with Gasteiger partial charge in [-0.1, -0.05) is 30.3 Å². The molecule has 0 aliphatic heterocycles. The van der Waals surface area contributed by atoms with Crippen LogP contribution in [0.5, 0.6) is 5.75 Å². The Bertz CT molecular complexity index is 941. The van der Waals surface area contributed by atoms with Gasteiger partial charge in [-0.05, 0) is 30.7 Å². The molecule has 0 bridgehead atoms. The molecule has 28 heavy (non-hydrogen) atoms. The smallest absolute Gasteiger partial charge is 0.310 e. The lowest BCUT2D eigenvalue weighted by atomic mass is 10.1. The number of carbonyl (C=O) groups is 2. The van der Waals surface area contributed by atoms with Crippen LogP contribution in [0.25, 0.3) is 0 Å². The van der Waals surface area contributed by atoms with Gasteiger partial charge in [-0.15, -0.1) is 0 Å². The number of benzene rings is 2. The number of carbonyl (C=O) groups excluding carboxylic acids is 2. The van der Waals surface area contributed by atoms with Crippen molar-refractivity contribution in [2.24, 2.45) is 5.14 Å². The molecule has 0 heterocycles. The van der Waals surface area contributed by atoms with Crippen LogP contribution < -0.4 is 15.2 Å². The Morgan fingerprint density at radius 2 is 1.75 bits per heavy atom. The molecule has 150 valence electrons. The first-order chi connectivity index (χ1) is 13.2. The molecule has 2 rings (SSSR count). The quantitative estimate of drug-likeness (QED) is 0.637. The zero-order valence-corrected chi connectivity index (χ0v) is 16.4. The van der Waals surface area contributed by atoms with Crippen molar-refractivity contribution in [2.75, 3.05) is 13.7 Å². The number of nitrogens with two attached hydrogens (primary N) is 1. The van der Waals surface area contributed by atoms with Crippen LogP contribution in [0, 0.1) is 0 Å². The van der Waals surface area contributed by atoms with E-state index in [1.165, 1.54) is 19.2 Å². The fourth-order valence-electron chi connectivity index (χ4n) is 2.51. The first kappa shape index (κ1) is 21.4. The Morgan fingerprint density at radius 1 is 1.11 bits per heavy atom. The normalized spacial score (nSPS) is 12.1. The molecule has 3 N–H and O–H groups in total. The van der Waals surface area contributed by atoms with E-state index in [4.69, 9.17) is 14.6 Å². The van der Waals surface area contributed by atoms with E-state index in [2.05, 4.69) is 5.32 Å². The van der Waals surface area contributed by atoms with Crippen molar-refractivity contribution in [3.8, 4) is 5.75 Å². The predicted molar refractivity (Wildman–Crippen MR) is 102 cm³/mol. The molecule has 2 aromatic carbocycles. The van der Waals surface area contributed by atoms with Crippen molar-refractivity contribution >= 4 is 21.9 Å². The monoisotopic (exact) mass is 406 g/mol. The van der Waals surface area contributed by atoms with Gasteiger partial charge in [0.05, 0.1) is 24.5 Å². The highest BCUT2D eigenvalue weighted by Gasteiger charge is 2.15. The number of sulfonamides is 1. The van der Waals surface area contributed by atoms with Crippen molar-refractivity contribution in [1.82, 2.24) is 5.32 Å². The van der Waals surface area contributed by atoms with Gasteiger partial charge in [0.15, 0.2) is 6.61 Å². The van der Waals surface area contributed by atoms with E-state index < -0.39 is 34.5 Å². The van der Waals surface area contributed by atoms with Gasteiger partial charge in [0.25, 0.3) is 5.91 Å². The highest BCUT2D eigenvalue weighted by molar-refractivity contribution is 7.89. The van der Waals surface area contributed by atoms with E-state index in [-0.39, 0.29) is 11.3 Å². The Kier molecular flexibility index (Phi) is 7.13. The Balaban J connectivity index is 1.85. The summed E-state index contributed by atoms with van der Waals surface area (Å²) in [6.45, 7) is 1.30. The molecule has 2 aromatic rings. The second-order valence-corrected chi connectivity index (χ2v) is 7.61. The number of rotatable bonds is 8. The molecule has 0 radical (unpaired) electrons. The Hall–Kier alpha value is -2.91. The largest absolute Gasteiger partial charge is 0.496 e. The number of ether oxygens (including phenoxy) is 2. The van der Waals surface area contributed by atoms with Crippen LogP contribution in [0.3, 0.4) is 0 Å². The van der Waals surface area contributed by atoms with E-state index in [1.807, 2.05) is 0 Å². The van der Waals surface area contributed by atoms with Crippen LogP contribution in [-0.2, 0) is 30.8 Å². The maximum absolute atomic E-state index is 12.0. The summed E-state index contributed by atoms with van der Waals surface area (Å²) in [5.74, 6) is -0.457. The molecule has 0 saturated carbocycles.